The maximum atomic E-state index is 13.1. The summed E-state index contributed by atoms with van der Waals surface area (Å²) >= 11 is 0. The van der Waals surface area contributed by atoms with Crippen molar-refractivity contribution in [3.8, 4) is 0 Å². The molecule has 0 spiro atoms. The lowest BCUT2D eigenvalue weighted by atomic mass is 10.0. The van der Waals surface area contributed by atoms with Crippen LogP contribution in [0.5, 0.6) is 0 Å². The third-order valence-corrected chi connectivity index (χ3v) is 3.19. The summed E-state index contributed by atoms with van der Waals surface area (Å²) in [5.41, 5.74) is 0.721. The number of alkyl halides is 3. The van der Waals surface area contributed by atoms with Crippen LogP contribution in [0.15, 0.2) is 24.3 Å². The summed E-state index contributed by atoms with van der Waals surface area (Å²) in [5, 5.41) is 2.52. The molecule has 1 fully saturated rings. The summed E-state index contributed by atoms with van der Waals surface area (Å²) < 4.78 is 49.6. The topological polar surface area (TPSA) is 15.3 Å². The lowest BCUT2D eigenvalue weighted by Crippen LogP contribution is -2.48. The van der Waals surface area contributed by atoms with Gasteiger partial charge in [0.05, 0.1) is 6.54 Å². The van der Waals surface area contributed by atoms with Gasteiger partial charge in [0.25, 0.3) is 0 Å². The lowest BCUT2D eigenvalue weighted by molar-refractivity contribution is -0.126. The Labute approximate surface area is 109 Å². The number of rotatable bonds is 3. The third kappa shape index (κ3) is 4.38. The summed E-state index contributed by atoms with van der Waals surface area (Å²) in [6.07, 6.45) is -2.69. The molecule has 1 aliphatic heterocycles. The zero-order chi connectivity index (χ0) is 13.9. The first-order chi connectivity index (χ1) is 8.94. The van der Waals surface area contributed by atoms with Crippen molar-refractivity contribution in [2.75, 3.05) is 24.5 Å². The molecular formula is C13H16F4N2. The molecule has 2 nitrogen and oxygen atoms in total. The number of nitrogens with zero attached hydrogens (tertiary/aromatic N) is 1. The van der Waals surface area contributed by atoms with Gasteiger partial charge >= 0.3 is 6.18 Å². The van der Waals surface area contributed by atoms with Crippen LogP contribution in [0.2, 0.25) is 0 Å². The Morgan fingerprint density at radius 3 is 2.79 bits per heavy atom. The molecule has 0 radical (unpaired) electrons. The zero-order valence-corrected chi connectivity index (χ0v) is 10.4. The van der Waals surface area contributed by atoms with Gasteiger partial charge in [0, 0.05) is 24.8 Å². The number of nitrogens with one attached hydrogen (secondary N) is 1. The third-order valence-electron chi connectivity index (χ3n) is 3.19. The van der Waals surface area contributed by atoms with Crippen LogP contribution in [-0.2, 0) is 0 Å². The van der Waals surface area contributed by atoms with Gasteiger partial charge in [-0.25, -0.2) is 4.39 Å². The van der Waals surface area contributed by atoms with E-state index >= 15 is 0 Å². The second kappa shape index (κ2) is 5.77. The number of piperidine rings is 1. The van der Waals surface area contributed by atoms with E-state index in [-0.39, 0.29) is 11.9 Å². The zero-order valence-electron chi connectivity index (χ0n) is 10.4. The molecule has 6 heteroatoms. The van der Waals surface area contributed by atoms with Gasteiger partial charge in [0.1, 0.15) is 5.82 Å². The van der Waals surface area contributed by atoms with Gasteiger partial charge in [-0.1, -0.05) is 6.07 Å². The lowest BCUT2D eigenvalue weighted by Gasteiger charge is -2.35. The van der Waals surface area contributed by atoms with Gasteiger partial charge in [-0.2, -0.15) is 13.2 Å². The van der Waals surface area contributed by atoms with E-state index in [1.165, 1.54) is 12.1 Å². The van der Waals surface area contributed by atoms with Gasteiger partial charge in [-0.15, -0.1) is 0 Å². The van der Waals surface area contributed by atoms with Crippen molar-refractivity contribution in [2.24, 2.45) is 0 Å². The smallest absolute Gasteiger partial charge is 0.370 e. The first-order valence-electron chi connectivity index (χ1n) is 6.25. The fraction of sp³-hybridized carbons (Fsp3) is 0.538. The van der Waals surface area contributed by atoms with E-state index in [1.54, 1.807) is 12.1 Å². The highest BCUT2D eigenvalue weighted by molar-refractivity contribution is 5.47. The molecule has 1 unspecified atom stereocenters. The standard InChI is InChI=1S/C13H16F4N2/c14-10-3-1-5-12(7-10)19-6-2-4-11(8-19)18-9-13(15,16)17/h1,3,5,7,11,18H,2,4,6,8-9H2. The number of benzene rings is 1. The van der Waals surface area contributed by atoms with E-state index in [9.17, 15) is 17.6 Å². The van der Waals surface area contributed by atoms with Gasteiger partial charge in [0.15, 0.2) is 0 Å². The van der Waals surface area contributed by atoms with Crippen molar-refractivity contribution in [1.29, 1.82) is 0 Å². The fourth-order valence-electron chi connectivity index (χ4n) is 2.31. The highest BCUT2D eigenvalue weighted by atomic mass is 19.4. The molecular weight excluding hydrogens is 260 g/mol. The van der Waals surface area contributed by atoms with Crippen molar-refractivity contribution >= 4 is 5.69 Å². The number of anilines is 1. The quantitative estimate of drug-likeness (QED) is 0.854. The van der Waals surface area contributed by atoms with E-state index in [0.29, 0.717) is 13.0 Å². The van der Waals surface area contributed by atoms with Gasteiger partial charge < -0.3 is 10.2 Å². The molecule has 0 aromatic heterocycles. The number of hydrogen-bond donors (Lipinski definition) is 1. The molecule has 1 atom stereocenters. The number of halogens is 4. The fourth-order valence-corrected chi connectivity index (χ4v) is 2.31. The van der Waals surface area contributed by atoms with Crippen LogP contribution < -0.4 is 10.2 Å². The van der Waals surface area contributed by atoms with Crippen molar-refractivity contribution in [3.63, 3.8) is 0 Å². The van der Waals surface area contributed by atoms with Gasteiger partial charge in [-0.05, 0) is 31.0 Å². The summed E-state index contributed by atoms with van der Waals surface area (Å²) in [5.74, 6) is -0.331. The Balaban J connectivity index is 1.94. The predicted octanol–water partition coefficient (Wildman–Crippen LogP) is 2.95. The molecule has 0 amide bonds. The summed E-state index contributed by atoms with van der Waals surface area (Å²) in [6.45, 7) is 0.238. The molecule has 1 aromatic rings. The average molecular weight is 276 g/mol. The first-order valence-corrected chi connectivity index (χ1v) is 6.25. The van der Waals surface area contributed by atoms with Gasteiger partial charge in [-0.3, -0.25) is 0 Å². The minimum absolute atomic E-state index is 0.210. The first kappa shape index (κ1) is 14.1. The summed E-state index contributed by atoms with van der Waals surface area (Å²) in [6, 6.07) is 5.93. The minimum Gasteiger partial charge on any atom is -0.370 e. The Morgan fingerprint density at radius 1 is 1.32 bits per heavy atom. The van der Waals surface area contributed by atoms with E-state index < -0.39 is 12.7 Å². The van der Waals surface area contributed by atoms with Crippen molar-refractivity contribution < 1.29 is 17.6 Å². The summed E-state index contributed by atoms with van der Waals surface area (Å²) in [7, 11) is 0. The van der Waals surface area contributed by atoms with E-state index in [0.717, 1.165) is 18.7 Å². The molecule has 0 aliphatic carbocycles. The van der Waals surface area contributed by atoms with Crippen molar-refractivity contribution in [3.05, 3.63) is 30.1 Å². The Hall–Kier alpha value is -1.30. The van der Waals surface area contributed by atoms with Crippen molar-refractivity contribution in [2.45, 2.75) is 25.1 Å². The van der Waals surface area contributed by atoms with Crippen LogP contribution in [-0.4, -0.2) is 31.9 Å². The molecule has 1 aromatic carbocycles. The Bertz CT molecular complexity index is 419. The second-order valence-corrected chi connectivity index (χ2v) is 4.76. The summed E-state index contributed by atoms with van der Waals surface area (Å²) in [4.78, 5) is 1.92. The molecule has 0 saturated carbocycles. The molecule has 2 rings (SSSR count). The highest BCUT2D eigenvalue weighted by Gasteiger charge is 2.29. The maximum absolute atomic E-state index is 13.1. The monoisotopic (exact) mass is 276 g/mol. The molecule has 1 N–H and O–H groups in total. The minimum atomic E-state index is -4.19. The number of hydrogen-bond acceptors (Lipinski definition) is 2. The molecule has 1 heterocycles. The predicted molar refractivity (Wildman–Crippen MR) is 65.7 cm³/mol. The molecule has 106 valence electrons. The second-order valence-electron chi connectivity index (χ2n) is 4.76. The molecule has 1 saturated heterocycles. The average Bonchev–Trinajstić information content (AvgIpc) is 2.36. The molecule has 1 aliphatic rings. The van der Waals surface area contributed by atoms with Crippen LogP contribution >= 0.6 is 0 Å². The largest absolute Gasteiger partial charge is 0.401 e. The van der Waals surface area contributed by atoms with Crippen LogP contribution in [0, 0.1) is 5.82 Å². The van der Waals surface area contributed by atoms with E-state index in [1.807, 2.05) is 4.90 Å². The molecule has 0 bridgehead atoms. The van der Waals surface area contributed by atoms with Crippen molar-refractivity contribution in [1.82, 2.24) is 5.32 Å². The SMILES string of the molecule is Fc1cccc(N2CCCC(NCC(F)(F)F)C2)c1. The van der Waals surface area contributed by atoms with E-state index in [2.05, 4.69) is 5.32 Å². The Kier molecular flexibility index (Phi) is 4.29. The normalized spacial score (nSPS) is 20.6. The van der Waals surface area contributed by atoms with Crippen LogP contribution in [0.4, 0.5) is 23.2 Å². The van der Waals surface area contributed by atoms with Gasteiger partial charge in [0.2, 0.25) is 0 Å². The van der Waals surface area contributed by atoms with Crippen LogP contribution in [0.1, 0.15) is 12.8 Å². The van der Waals surface area contributed by atoms with Crippen LogP contribution in [0.25, 0.3) is 0 Å². The van der Waals surface area contributed by atoms with Crippen LogP contribution in [0.3, 0.4) is 0 Å². The maximum Gasteiger partial charge on any atom is 0.401 e. The molecule has 19 heavy (non-hydrogen) atoms. The highest BCUT2D eigenvalue weighted by Crippen LogP contribution is 2.21. The Morgan fingerprint density at radius 2 is 2.11 bits per heavy atom. The van der Waals surface area contributed by atoms with E-state index in [4.69, 9.17) is 0 Å².